The number of nitrogens with zero attached hydrogens (tertiary/aromatic N) is 2. The van der Waals surface area contributed by atoms with E-state index in [1.165, 1.54) is 5.56 Å². The number of benzene rings is 1. The standard InChI is InChI=1S/C20H29N3O2S/c1-14(2)25-19-10-8-17(9-11-19)7-6-15(3)21-20(24)23(5)12-18-13-26-16(4)22-18/h8-11,13-15H,6-7,12H2,1-5H3,(H,21,24). The van der Waals surface area contributed by atoms with Crippen molar-refractivity contribution in [2.24, 2.45) is 0 Å². The van der Waals surface area contributed by atoms with Crippen molar-refractivity contribution in [3.8, 4) is 5.75 Å². The summed E-state index contributed by atoms with van der Waals surface area (Å²) in [5.74, 6) is 0.893. The fourth-order valence-electron chi connectivity index (χ4n) is 2.58. The lowest BCUT2D eigenvalue weighted by Gasteiger charge is -2.21. The Morgan fingerprint density at radius 1 is 1.27 bits per heavy atom. The highest BCUT2D eigenvalue weighted by Gasteiger charge is 2.13. The van der Waals surface area contributed by atoms with Gasteiger partial charge in [0.25, 0.3) is 0 Å². The first-order chi connectivity index (χ1) is 12.3. The maximum absolute atomic E-state index is 12.3. The van der Waals surface area contributed by atoms with Crippen LogP contribution in [0.3, 0.4) is 0 Å². The molecule has 2 amide bonds. The van der Waals surface area contributed by atoms with Crippen molar-refractivity contribution in [2.45, 2.75) is 59.2 Å². The molecule has 2 aromatic rings. The van der Waals surface area contributed by atoms with Gasteiger partial charge in [-0.1, -0.05) is 12.1 Å². The number of urea groups is 1. The van der Waals surface area contributed by atoms with E-state index in [9.17, 15) is 4.79 Å². The van der Waals surface area contributed by atoms with E-state index in [1.54, 1.807) is 23.3 Å². The Morgan fingerprint density at radius 3 is 2.54 bits per heavy atom. The number of ether oxygens (including phenoxy) is 1. The smallest absolute Gasteiger partial charge is 0.317 e. The Bertz CT molecular complexity index is 697. The largest absolute Gasteiger partial charge is 0.491 e. The van der Waals surface area contributed by atoms with Gasteiger partial charge in [0.1, 0.15) is 5.75 Å². The molecule has 1 aromatic carbocycles. The number of hydrogen-bond acceptors (Lipinski definition) is 4. The predicted molar refractivity (Wildman–Crippen MR) is 107 cm³/mol. The van der Waals surface area contributed by atoms with Crippen LogP contribution in [-0.2, 0) is 13.0 Å². The minimum Gasteiger partial charge on any atom is -0.491 e. The SMILES string of the molecule is Cc1nc(CN(C)C(=O)NC(C)CCc2ccc(OC(C)C)cc2)cs1. The number of aromatic nitrogens is 1. The van der Waals surface area contributed by atoms with Gasteiger partial charge in [-0.2, -0.15) is 0 Å². The molecule has 6 heteroatoms. The number of hydrogen-bond donors (Lipinski definition) is 1. The summed E-state index contributed by atoms with van der Waals surface area (Å²) in [4.78, 5) is 18.4. The molecule has 0 aliphatic heterocycles. The minimum atomic E-state index is -0.0659. The molecule has 142 valence electrons. The summed E-state index contributed by atoms with van der Waals surface area (Å²) >= 11 is 1.60. The maximum Gasteiger partial charge on any atom is 0.317 e. The van der Waals surface area contributed by atoms with Crippen molar-refractivity contribution in [3.05, 3.63) is 45.9 Å². The van der Waals surface area contributed by atoms with Gasteiger partial charge >= 0.3 is 6.03 Å². The molecule has 5 nitrogen and oxygen atoms in total. The van der Waals surface area contributed by atoms with Gasteiger partial charge in [-0.25, -0.2) is 9.78 Å². The molecule has 1 unspecified atom stereocenters. The fourth-order valence-corrected chi connectivity index (χ4v) is 3.18. The third-order valence-corrected chi connectivity index (χ3v) is 4.77. The van der Waals surface area contributed by atoms with Crippen LogP contribution in [0.2, 0.25) is 0 Å². The number of carbonyl (C=O) groups excluding carboxylic acids is 1. The Balaban J connectivity index is 1.75. The van der Waals surface area contributed by atoms with Gasteiger partial charge in [0.2, 0.25) is 0 Å². The topological polar surface area (TPSA) is 54.5 Å². The van der Waals surface area contributed by atoms with Crippen molar-refractivity contribution in [3.63, 3.8) is 0 Å². The molecule has 2 rings (SSSR count). The molecule has 0 aliphatic carbocycles. The molecule has 0 radical (unpaired) electrons. The minimum absolute atomic E-state index is 0.0659. The Kier molecular flexibility index (Phi) is 7.45. The number of thiazole rings is 1. The molecule has 1 N–H and O–H groups in total. The molecule has 0 saturated carbocycles. The van der Waals surface area contributed by atoms with Crippen molar-refractivity contribution >= 4 is 17.4 Å². The van der Waals surface area contributed by atoms with Gasteiger partial charge in [0, 0.05) is 18.5 Å². The Morgan fingerprint density at radius 2 is 1.96 bits per heavy atom. The van der Waals surface area contributed by atoms with Crippen molar-refractivity contribution in [1.82, 2.24) is 15.2 Å². The van der Waals surface area contributed by atoms with E-state index in [1.807, 2.05) is 45.2 Å². The summed E-state index contributed by atoms with van der Waals surface area (Å²) in [6.07, 6.45) is 1.99. The van der Waals surface area contributed by atoms with Crippen LogP contribution in [0.5, 0.6) is 5.75 Å². The molecule has 1 heterocycles. The second kappa shape index (κ2) is 9.57. The number of nitrogens with one attached hydrogen (secondary N) is 1. The van der Waals surface area contributed by atoms with E-state index in [2.05, 4.69) is 22.4 Å². The van der Waals surface area contributed by atoms with Crippen LogP contribution >= 0.6 is 11.3 Å². The van der Waals surface area contributed by atoms with Crippen LogP contribution in [0, 0.1) is 6.92 Å². The van der Waals surface area contributed by atoms with E-state index < -0.39 is 0 Å². The predicted octanol–water partition coefficient (Wildman–Crippen LogP) is 4.40. The monoisotopic (exact) mass is 375 g/mol. The molecule has 0 saturated heterocycles. The third kappa shape index (κ3) is 6.67. The van der Waals surface area contributed by atoms with Crippen molar-refractivity contribution < 1.29 is 9.53 Å². The van der Waals surface area contributed by atoms with Crippen LogP contribution in [0.4, 0.5) is 4.79 Å². The Hall–Kier alpha value is -2.08. The zero-order valence-electron chi connectivity index (χ0n) is 16.3. The molecular weight excluding hydrogens is 346 g/mol. The zero-order chi connectivity index (χ0) is 19.1. The lowest BCUT2D eigenvalue weighted by molar-refractivity contribution is 0.202. The summed E-state index contributed by atoms with van der Waals surface area (Å²) in [6.45, 7) is 8.57. The summed E-state index contributed by atoms with van der Waals surface area (Å²) in [7, 11) is 1.80. The fraction of sp³-hybridized carbons (Fsp3) is 0.500. The van der Waals surface area contributed by atoms with Crippen LogP contribution in [0.25, 0.3) is 0 Å². The first kappa shape index (κ1) is 20.2. The third-order valence-electron chi connectivity index (χ3n) is 3.94. The molecular formula is C20H29N3O2S. The molecule has 0 fully saturated rings. The highest BCUT2D eigenvalue weighted by molar-refractivity contribution is 7.09. The molecule has 0 bridgehead atoms. The number of aryl methyl sites for hydroxylation is 2. The van der Waals surface area contributed by atoms with E-state index in [0.717, 1.165) is 29.3 Å². The van der Waals surface area contributed by atoms with E-state index >= 15 is 0 Å². The Labute approximate surface area is 160 Å². The lowest BCUT2D eigenvalue weighted by atomic mass is 10.1. The van der Waals surface area contributed by atoms with Gasteiger partial charge in [-0.15, -0.1) is 11.3 Å². The van der Waals surface area contributed by atoms with E-state index in [-0.39, 0.29) is 18.2 Å². The summed E-state index contributed by atoms with van der Waals surface area (Å²) in [6, 6.07) is 8.22. The lowest BCUT2D eigenvalue weighted by Crippen LogP contribution is -2.41. The second-order valence-corrected chi connectivity index (χ2v) is 7.98. The molecule has 0 aliphatic rings. The van der Waals surface area contributed by atoms with Crippen LogP contribution in [0.1, 0.15) is 43.5 Å². The van der Waals surface area contributed by atoms with E-state index in [4.69, 9.17) is 4.74 Å². The van der Waals surface area contributed by atoms with Crippen LogP contribution < -0.4 is 10.1 Å². The van der Waals surface area contributed by atoms with Crippen molar-refractivity contribution in [2.75, 3.05) is 7.05 Å². The highest BCUT2D eigenvalue weighted by Crippen LogP contribution is 2.15. The maximum atomic E-state index is 12.3. The quantitative estimate of drug-likeness (QED) is 0.744. The highest BCUT2D eigenvalue weighted by atomic mass is 32.1. The average molecular weight is 376 g/mol. The molecule has 26 heavy (non-hydrogen) atoms. The van der Waals surface area contributed by atoms with Crippen LogP contribution in [-0.4, -0.2) is 35.1 Å². The summed E-state index contributed by atoms with van der Waals surface area (Å²) in [5, 5.41) is 6.07. The number of carbonyl (C=O) groups is 1. The molecule has 1 atom stereocenters. The summed E-state index contributed by atoms with van der Waals surface area (Å²) < 4.78 is 5.66. The van der Waals surface area contributed by atoms with Crippen molar-refractivity contribution in [1.29, 1.82) is 0 Å². The normalized spacial score (nSPS) is 12.1. The zero-order valence-corrected chi connectivity index (χ0v) is 17.1. The van der Waals surface area contributed by atoms with Gasteiger partial charge in [0.15, 0.2) is 0 Å². The van der Waals surface area contributed by atoms with E-state index in [0.29, 0.717) is 6.54 Å². The first-order valence-corrected chi connectivity index (χ1v) is 9.89. The van der Waals surface area contributed by atoms with Crippen LogP contribution in [0.15, 0.2) is 29.6 Å². The van der Waals surface area contributed by atoms with Gasteiger partial charge in [0.05, 0.1) is 23.4 Å². The first-order valence-electron chi connectivity index (χ1n) is 9.01. The second-order valence-electron chi connectivity index (χ2n) is 6.91. The van der Waals surface area contributed by atoms with Gasteiger partial charge < -0.3 is 15.0 Å². The molecule has 0 spiro atoms. The van der Waals surface area contributed by atoms with Gasteiger partial charge in [-0.05, 0) is 58.2 Å². The number of rotatable bonds is 8. The average Bonchev–Trinajstić information content (AvgIpc) is 2.98. The molecule has 1 aromatic heterocycles. The van der Waals surface area contributed by atoms with Gasteiger partial charge in [-0.3, -0.25) is 0 Å². The summed E-state index contributed by atoms with van der Waals surface area (Å²) in [5.41, 5.74) is 2.18. The number of amides is 2.